The molecule has 3 aromatic rings. The predicted molar refractivity (Wildman–Crippen MR) is 127 cm³/mol. The highest BCUT2D eigenvalue weighted by Gasteiger charge is 2.17. The maximum atomic E-state index is 6.43. The zero-order valence-corrected chi connectivity index (χ0v) is 18.1. The van der Waals surface area contributed by atoms with Crippen LogP contribution in [0.4, 0.5) is 11.4 Å². The lowest BCUT2D eigenvalue weighted by Crippen LogP contribution is -2.46. The zero-order valence-electron chi connectivity index (χ0n) is 17.3. The Kier molecular flexibility index (Phi) is 6.88. The molecule has 4 nitrogen and oxygen atoms in total. The van der Waals surface area contributed by atoms with E-state index in [-0.39, 0.29) is 0 Å². The van der Waals surface area contributed by atoms with Gasteiger partial charge in [-0.25, -0.2) is 0 Å². The van der Waals surface area contributed by atoms with E-state index in [0.29, 0.717) is 0 Å². The van der Waals surface area contributed by atoms with E-state index in [0.717, 1.165) is 79.5 Å². The van der Waals surface area contributed by atoms with E-state index in [2.05, 4.69) is 39.0 Å². The summed E-state index contributed by atoms with van der Waals surface area (Å²) >= 11 is 6.13. The molecule has 0 atom stereocenters. The highest BCUT2D eigenvalue weighted by atomic mass is 35.5. The minimum atomic E-state index is 0.805. The molecule has 0 spiro atoms. The van der Waals surface area contributed by atoms with Gasteiger partial charge in [-0.1, -0.05) is 48.0 Å². The average molecular weight is 421 g/mol. The van der Waals surface area contributed by atoms with E-state index < -0.39 is 0 Å². The number of aromatic nitrogens is 1. The van der Waals surface area contributed by atoms with Crippen LogP contribution in [0.15, 0.2) is 66.9 Å². The van der Waals surface area contributed by atoms with E-state index in [4.69, 9.17) is 17.3 Å². The third kappa shape index (κ3) is 5.13. The van der Waals surface area contributed by atoms with Crippen molar-refractivity contribution in [1.82, 2.24) is 9.88 Å². The molecule has 1 aliphatic heterocycles. The molecule has 4 rings (SSSR count). The third-order valence-electron chi connectivity index (χ3n) is 5.84. The Morgan fingerprint density at radius 3 is 2.47 bits per heavy atom. The van der Waals surface area contributed by atoms with Gasteiger partial charge in [0, 0.05) is 48.6 Å². The van der Waals surface area contributed by atoms with Gasteiger partial charge >= 0.3 is 0 Å². The number of nitrogens with zero attached hydrogens (tertiary/aromatic N) is 3. The molecule has 1 aromatic heterocycles. The average Bonchev–Trinajstić information content (AvgIpc) is 2.79. The van der Waals surface area contributed by atoms with Gasteiger partial charge in [-0.2, -0.15) is 0 Å². The lowest BCUT2D eigenvalue weighted by molar-refractivity contribution is 0.253. The molecule has 5 heteroatoms. The Bertz CT molecular complexity index is 952. The number of aryl methyl sites for hydroxylation is 1. The summed E-state index contributed by atoms with van der Waals surface area (Å²) in [6.45, 7) is 5.41. The summed E-state index contributed by atoms with van der Waals surface area (Å²) in [4.78, 5) is 9.52. The summed E-state index contributed by atoms with van der Waals surface area (Å²) in [7, 11) is 0. The van der Waals surface area contributed by atoms with E-state index in [9.17, 15) is 0 Å². The van der Waals surface area contributed by atoms with Crippen LogP contribution >= 0.6 is 11.6 Å². The van der Waals surface area contributed by atoms with Gasteiger partial charge in [0.25, 0.3) is 0 Å². The summed E-state index contributed by atoms with van der Waals surface area (Å²) in [6.07, 6.45) is 5.07. The first-order valence-electron chi connectivity index (χ1n) is 10.7. The fraction of sp³-hybridized carbons (Fsp3) is 0.320. The second-order valence-corrected chi connectivity index (χ2v) is 8.29. The summed E-state index contributed by atoms with van der Waals surface area (Å²) < 4.78 is 0. The highest BCUT2D eigenvalue weighted by Crippen LogP contribution is 2.28. The van der Waals surface area contributed by atoms with Crippen molar-refractivity contribution in [3.8, 4) is 11.1 Å². The molecule has 1 fully saturated rings. The van der Waals surface area contributed by atoms with Crippen LogP contribution in [-0.4, -0.2) is 42.6 Å². The van der Waals surface area contributed by atoms with Gasteiger partial charge in [-0.3, -0.25) is 9.88 Å². The molecule has 0 bridgehead atoms. The van der Waals surface area contributed by atoms with Crippen molar-refractivity contribution in [2.45, 2.75) is 19.3 Å². The summed E-state index contributed by atoms with van der Waals surface area (Å²) in [5, 5.41) is 0.805. The Balaban J connectivity index is 1.24. The van der Waals surface area contributed by atoms with Crippen molar-refractivity contribution >= 4 is 23.0 Å². The van der Waals surface area contributed by atoms with Crippen molar-refractivity contribution in [2.75, 3.05) is 43.4 Å². The highest BCUT2D eigenvalue weighted by molar-refractivity contribution is 6.30. The van der Waals surface area contributed by atoms with E-state index in [1.165, 1.54) is 5.69 Å². The lowest BCUT2D eigenvalue weighted by atomic mass is 10.0. The first-order chi connectivity index (χ1) is 14.7. The molecule has 0 radical (unpaired) electrons. The Morgan fingerprint density at radius 1 is 0.900 bits per heavy atom. The van der Waals surface area contributed by atoms with Crippen LogP contribution in [0.5, 0.6) is 0 Å². The zero-order chi connectivity index (χ0) is 20.8. The maximum Gasteiger partial charge on any atom is 0.0638 e. The molecule has 2 heterocycles. The number of benzene rings is 2. The minimum Gasteiger partial charge on any atom is -0.397 e. The number of nitrogen functional groups attached to an aromatic ring is 1. The molecule has 0 unspecified atom stereocenters. The molecule has 156 valence electrons. The largest absolute Gasteiger partial charge is 0.397 e. The van der Waals surface area contributed by atoms with E-state index in [1.807, 2.05) is 42.6 Å². The molecular weight excluding hydrogens is 392 g/mol. The monoisotopic (exact) mass is 420 g/mol. The lowest BCUT2D eigenvalue weighted by Gasteiger charge is -2.36. The number of piperazine rings is 1. The maximum absolute atomic E-state index is 6.43. The van der Waals surface area contributed by atoms with Crippen LogP contribution in [0.2, 0.25) is 5.02 Å². The standard InChI is InChI=1S/C25H29ClN4/c26-21-9-6-10-22(19-21)30-17-15-29(16-18-30)14-5-4-11-24-25(27)23(12-13-28-24)20-7-2-1-3-8-20/h1-3,6-10,12-13,19H,4-5,11,14-18,27H2. The van der Waals surface area contributed by atoms with Crippen molar-refractivity contribution in [2.24, 2.45) is 0 Å². The molecule has 2 N–H and O–H groups in total. The molecule has 30 heavy (non-hydrogen) atoms. The molecule has 1 saturated heterocycles. The summed E-state index contributed by atoms with van der Waals surface area (Å²) in [5.74, 6) is 0. The van der Waals surface area contributed by atoms with Crippen LogP contribution < -0.4 is 10.6 Å². The van der Waals surface area contributed by atoms with Gasteiger partial charge in [0.05, 0.1) is 11.4 Å². The van der Waals surface area contributed by atoms with Crippen molar-refractivity contribution < 1.29 is 0 Å². The number of hydrogen-bond donors (Lipinski definition) is 1. The molecule has 1 aliphatic rings. The third-order valence-corrected chi connectivity index (χ3v) is 6.08. The Hall–Kier alpha value is -2.56. The number of anilines is 2. The van der Waals surface area contributed by atoms with E-state index in [1.54, 1.807) is 0 Å². The van der Waals surface area contributed by atoms with Gasteiger partial charge in [-0.05, 0) is 55.6 Å². The summed E-state index contributed by atoms with van der Waals surface area (Å²) in [6, 6.07) is 20.5. The molecule has 2 aromatic carbocycles. The van der Waals surface area contributed by atoms with Crippen LogP contribution in [0.1, 0.15) is 18.5 Å². The SMILES string of the molecule is Nc1c(-c2ccccc2)ccnc1CCCCN1CCN(c2cccc(Cl)c2)CC1. The number of rotatable bonds is 7. The van der Waals surface area contributed by atoms with Crippen molar-refractivity contribution in [1.29, 1.82) is 0 Å². The van der Waals surface area contributed by atoms with Gasteiger partial charge in [0.2, 0.25) is 0 Å². The first kappa shape index (κ1) is 20.7. The fourth-order valence-electron chi connectivity index (χ4n) is 4.12. The van der Waals surface area contributed by atoms with Crippen LogP contribution in [0.25, 0.3) is 11.1 Å². The van der Waals surface area contributed by atoms with Crippen molar-refractivity contribution in [3.63, 3.8) is 0 Å². The number of unbranched alkanes of at least 4 members (excludes halogenated alkanes) is 1. The molecule has 0 aliphatic carbocycles. The van der Waals surface area contributed by atoms with Gasteiger partial charge < -0.3 is 10.6 Å². The molecule has 0 amide bonds. The van der Waals surface area contributed by atoms with Gasteiger partial charge in [0.1, 0.15) is 0 Å². The number of hydrogen-bond acceptors (Lipinski definition) is 4. The molecular formula is C25H29ClN4. The summed E-state index contributed by atoms with van der Waals surface area (Å²) in [5.41, 5.74) is 11.7. The Morgan fingerprint density at radius 2 is 1.70 bits per heavy atom. The topological polar surface area (TPSA) is 45.4 Å². The minimum absolute atomic E-state index is 0.805. The predicted octanol–water partition coefficient (Wildman–Crippen LogP) is 5.13. The van der Waals surface area contributed by atoms with Crippen LogP contribution in [-0.2, 0) is 6.42 Å². The number of nitrogens with two attached hydrogens (primary N) is 1. The molecule has 0 saturated carbocycles. The fourth-order valence-corrected chi connectivity index (χ4v) is 4.30. The van der Waals surface area contributed by atoms with Gasteiger partial charge in [0.15, 0.2) is 0 Å². The smallest absolute Gasteiger partial charge is 0.0638 e. The Labute approximate surface area is 184 Å². The number of pyridine rings is 1. The quantitative estimate of drug-likeness (QED) is 0.538. The van der Waals surface area contributed by atoms with Crippen LogP contribution in [0, 0.1) is 0 Å². The van der Waals surface area contributed by atoms with Crippen LogP contribution in [0.3, 0.4) is 0 Å². The van der Waals surface area contributed by atoms with Crippen molar-refractivity contribution in [3.05, 3.63) is 77.6 Å². The van der Waals surface area contributed by atoms with E-state index >= 15 is 0 Å². The second kappa shape index (κ2) is 9.96. The second-order valence-electron chi connectivity index (χ2n) is 7.85. The normalized spacial score (nSPS) is 14.8. The van der Waals surface area contributed by atoms with Gasteiger partial charge in [-0.15, -0.1) is 0 Å². The number of halogens is 1. The first-order valence-corrected chi connectivity index (χ1v) is 11.1.